The van der Waals surface area contributed by atoms with Crippen LogP contribution in [-0.4, -0.2) is 17.6 Å². The molecule has 0 atom stereocenters. The Kier molecular flexibility index (Phi) is 5.10. The standard InChI is InChI=1S/C15H14BrNO2/c16-14-8-6-12(10-17-14)7-9-15(18)19-11-13-4-2-1-3-5-13/h2,4-10H,1,3,11H2/b9-7+. The SMILES string of the molecule is O=C(/C=C/c1ccc(Br)nc1)OCC1=CCCC=C1. The van der Waals surface area contributed by atoms with Crippen LogP contribution in [0.4, 0.5) is 0 Å². The Bertz CT molecular complexity index is 530. The summed E-state index contributed by atoms with van der Waals surface area (Å²) in [4.78, 5) is 15.6. The fourth-order valence-electron chi connectivity index (χ4n) is 1.63. The molecule has 0 fully saturated rings. The van der Waals surface area contributed by atoms with Crippen molar-refractivity contribution in [2.75, 3.05) is 6.61 Å². The van der Waals surface area contributed by atoms with E-state index in [4.69, 9.17) is 4.74 Å². The molecule has 0 aromatic carbocycles. The van der Waals surface area contributed by atoms with Gasteiger partial charge in [0, 0.05) is 12.3 Å². The van der Waals surface area contributed by atoms with Gasteiger partial charge in [-0.2, -0.15) is 0 Å². The van der Waals surface area contributed by atoms with E-state index >= 15 is 0 Å². The van der Waals surface area contributed by atoms with Crippen LogP contribution in [0.5, 0.6) is 0 Å². The zero-order chi connectivity index (χ0) is 13.5. The molecule has 19 heavy (non-hydrogen) atoms. The Labute approximate surface area is 120 Å². The maximum atomic E-state index is 11.5. The van der Waals surface area contributed by atoms with Crippen LogP contribution in [0.1, 0.15) is 18.4 Å². The van der Waals surface area contributed by atoms with Crippen molar-refractivity contribution in [1.82, 2.24) is 4.98 Å². The third-order valence-corrected chi connectivity index (χ3v) is 3.08. The van der Waals surface area contributed by atoms with Gasteiger partial charge in [-0.1, -0.05) is 24.3 Å². The zero-order valence-corrected chi connectivity index (χ0v) is 12.0. The zero-order valence-electron chi connectivity index (χ0n) is 10.4. The van der Waals surface area contributed by atoms with Gasteiger partial charge in [-0.15, -0.1) is 0 Å². The Morgan fingerprint density at radius 2 is 2.32 bits per heavy atom. The van der Waals surface area contributed by atoms with E-state index in [1.807, 2.05) is 18.2 Å². The van der Waals surface area contributed by atoms with Gasteiger partial charge >= 0.3 is 5.97 Å². The van der Waals surface area contributed by atoms with E-state index in [-0.39, 0.29) is 5.97 Å². The van der Waals surface area contributed by atoms with Crippen molar-refractivity contribution in [3.05, 3.63) is 58.4 Å². The first kappa shape index (κ1) is 13.7. The molecule has 98 valence electrons. The van der Waals surface area contributed by atoms with Crippen LogP contribution >= 0.6 is 15.9 Å². The van der Waals surface area contributed by atoms with Crippen LogP contribution in [-0.2, 0) is 9.53 Å². The molecule has 3 nitrogen and oxygen atoms in total. The van der Waals surface area contributed by atoms with Gasteiger partial charge in [0.25, 0.3) is 0 Å². The second kappa shape index (κ2) is 7.04. The molecular weight excluding hydrogens is 306 g/mol. The summed E-state index contributed by atoms with van der Waals surface area (Å²) in [5.74, 6) is -0.345. The molecule has 0 aliphatic heterocycles. The molecule has 0 radical (unpaired) electrons. The molecule has 1 aliphatic rings. The minimum absolute atomic E-state index is 0.332. The Balaban J connectivity index is 1.82. The van der Waals surface area contributed by atoms with E-state index in [0.717, 1.165) is 28.6 Å². The molecule has 0 saturated carbocycles. The lowest BCUT2D eigenvalue weighted by Crippen LogP contribution is -2.04. The van der Waals surface area contributed by atoms with Gasteiger partial charge in [0.2, 0.25) is 0 Å². The lowest BCUT2D eigenvalue weighted by Gasteiger charge is -2.06. The van der Waals surface area contributed by atoms with E-state index in [0.29, 0.717) is 6.61 Å². The van der Waals surface area contributed by atoms with E-state index in [1.165, 1.54) is 6.08 Å². The number of carbonyl (C=O) groups is 1. The highest BCUT2D eigenvalue weighted by molar-refractivity contribution is 9.10. The molecule has 2 rings (SSSR count). The molecule has 0 bridgehead atoms. The molecule has 0 amide bonds. The number of carbonyl (C=O) groups excluding carboxylic acids is 1. The number of hydrogen-bond acceptors (Lipinski definition) is 3. The molecule has 1 aliphatic carbocycles. The number of hydrogen-bond donors (Lipinski definition) is 0. The van der Waals surface area contributed by atoms with Crippen molar-refractivity contribution in [3.8, 4) is 0 Å². The highest BCUT2D eigenvalue weighted by Crippen LogP contribution is 2.10. The van der Waals surface area contributed by atoms with Gasteiger partial charge in [-0.3, -0.25) is 0 Å². The second-order valence-electron chi connectivity index (χ2n) is 4.11. The van der Waals surface area contributed by atoms with Crippen molar-refractivity contribution in [1.29, 1.82) is 0 Å². The molecule has 0 unspecified atom stereocenters. The maximum absolute atomic E-state index is 11.5. The van der Waals surface area contributed by atoms with Gasteiger partial charge in [-0.05, 0) is 52.1 Å². The summed E-state index contributed by atoms with van der Waals surface area (Å²) in [6.45, 7) is 0.332. The van der Waals surface area contributed by atoms with Crippen LogP contribution in [0.3, 0.4) is 0 Å². The Morgan fingerprint density at radius 1 is 1.42 bits per heavy atom. The summed E-state index contributed by atoms with van der Waals surface area (Å²) in [6, 6.07) is 3.69. The van der Waals surface area contributed by atoms with Gasteiger partial charge in [-0.25, -0.2) is 9.78 Å². The summed E-state index contributed by atoms with van der Waals surface area (Å²) < 4.78 is 5.92. The normalized spacial score (nSPS) is 14.5. The average molecular weight is 320 g/mol. The number of esters is 1. The fraction of sp³-hybridized carbons (Fsp3) is 0.200. The predicted molar refractivity (Wildman–Crippen MR) is 78.4 cm³/mol. The molecular formula is C15H14BrNO2. The Morgan fingerprint density at radius 3 is 3.00 bits per heavy atom. The van der Waals surface area contributed by atoms with E-state index in [9.17, 15) is 4.79 Å². The summed E-state index contributed by atoms with van der Waals surface area (Å²) in [6.07, 6.45) is 13.0. The highest BCUT2D eigenvalue weighted by atomic mass is 79.9. The maximum Gasteiger partial charge on any atom is 0.331 e. The molecule has 1 aromatic rings. The molecule has 4 heteroatoms. The Hall–Kier alpha value is -1.68. The lowest BCUT2D eigenvalue weighted by atomic mass is 10.1. The molecule has 0 saturated heterocycles. The van der Waals surface area contributed by atoms with E-state index < -0.39 is 0 Å². The molecule has 1 heterocycles. The molecule has 1 aromatic heterocycles. The fourth-order valence-corrected chi connectivity index (χ4v) is 1.86. The summed E-state index contributed by atoms with van der Waals surface area (Å²) >= 11 is 3.25. The van der Waals surface area contributed by atoms with Crippen molar-refractivity contribution < 1.29 is 9.53 Å². The monoisotopic (exact) mass is 319 g/mol. The number of rotatable bonds is 4. The minimum Gasteiger partial charge on any atom is -0.458 e. The number of aromatic nitrogens is 1. The summed E-state index contributed by atoms with van der Waals surface area (Å²) in [5, 5.41) is 0. The van der Waals surface area contributed by atoms with E-state index in [2.05, 4.69) is 33.1 Å². The predicted octanol–water partition coefficient (Wildman–Crippen LogP) is 3.68. The van der Waals surface area contributed by atoms with Crippen LogP contribution in [0.2, 0.25) is 0 Å². The summed E-state index contributed by atoms with van der Waals surface area (Å²) in [7, 11) is 0. The molecule has 0 N–H and O–H groups in total. The minimum atomic E-state index is -0.345. The largest absolute Gasteiger partial charge is 0.458 e. The average Bonchev–Trinajstić information content (AvgIpc) is 2.45. The molecule has 0 spiro atoms. The van der Waals surface area contributed by atoms with Gasteiger partial charge in [0.1, 0.15) is 11.2 Å². The summed E-state index contributed by atoms with van der Waals surface area (Å²) in [5.41, 5.74) is 1.91. The smallest absolute Gasteiger partial charge is 0.331 e. The van der Waals surface area contributed by atoms with Crippen LogP contribution < -0.4 is 0 Å². The topological polar surface area (TPSA) is 39.2 Å². The van der Waals surface area contributed by atoms with Gasteiger partial charge < -0.3 is 4.74 Å². The van der Waals surface area contributed by atoms with E-state index in [1.54, 1.807) is 12.3 Å². The van der Waals surface area contributed by atoms with Crippen LogP contribution in [0.15, 0.2) is 52.8 Å². The third-order valence-electron chi connectivity index (χ3n) is 2.62. The van der Waals surface area contributed by atoms with Crippen LogP contribution in [0.25, 0.3) is 6.08 Å². The van der Waals surface area contributed by atoms with Crippen LogP contribution in [0, 0.1) is 0 Å². The number of nitrogens with zero attached hydrogens (tertiary/aromatic N) is 1. The third kappa shape index (κ3) is 4.83. The number of halogens is 1. The van der Waals surface area contributed by atoms with Crippen molar-refractivity contribution in [3.63, 3.8) is 0 Å². The number of allylic oxidation sites excluding steroid dienone is 2. The highest BCUT2D eigenvalue weighted by Gasteiger charge is 2.01. The lowest BCUT2D eigenvalue weighted by molar-refractivity contribution is -0.136. The van der Waals surface area contributed by atoms with Gasteiger partial charge in [0.05, 0.1) is 0 Å². The first-order valence-electron chi connectivity index (χ1n) is 6.06. The quantitative estimate of drug-likeness (QED) is 0.483. The number of pyridine rings is 1. The van der Waals surface area contributed by atoms with Gasteiger partial charge in [0.15, 0.2) is 0 Å². The first-order chi connectivity index (χ1) is 9.24. The second-order valence-corrected chi connectivity index (χ2v) is 4.93. The van der Waals surface area contributed by atoms with Crippen molar-refractivity contribution in [2.24, 2.45) is 0 Å². The van der Waals surface area contributed by atoms with Crippen molar-refractivity contribution in [2.45, 2.75) is 12.8 Å². The number of ether oxygens (including phenoxy) is 1. The first-order valence-corrected chi connectivity index (χ1v) is 6.85. The van der Waals surface area contributed by atoms with Crippen molar-refractivity contribution >= 4 is 28.0 Å².